The monoisotopic (exact) mass is 298 g/mol. The Labute approximate surface area is 110 Å². The van der Waals surface area contributed by atoms with E-state index in [9.17, 15) is 4.79 Å². The number of carbonyl (C=O) groups excluding carboxylic acids is 1. The first-order valence-electron chi connectivity index (χ1n) is 5.89. The Kier molecular flexibility index (Phi) is 4.18. The highest BCUT2D eigenvalue weighted by Gasteiger charge is 2.35. The van der Waals surface area contributed by atoms with Crippen molar-refractivity contribution in [2.45, 2.75) is 24.8 Å². The summed E-state index contributed by atoms with van der Waals surface area (Å²) in [5, 5.41) is 2.25. The van der Waals surface area contributed by atoms with Gasteiger partial charge in [-0.25, -0.2) is 0 Å². The molecule has 0 saturated carbocycles. The van der Waals surface area contributed by atoms with Crippen molar-refractivity contribution < 1.29 is 14.8 Å². The van der Waals surface area contributed by atoms with Gasteiger partial charge < -0.3 is 10.1 Å². The molecule has 0 spiro atoms. The highest BCUT2D eigenvalue weighted by atomic mass is 79.9. The molecule has 1 aliphatic rings. The number of ether oxygens (including phenoxy) is 1. The highest BCUT2D eigenvalue weighted by Crippen LogP contribution is 2.25. The molecular formula is C13H17BrNO2+. The summed E-state index contributed by atoms with van der Waals surface area (Å²) in [4.78, 5) is 11.9. The molecule has 2 N–H and O–H groups in total. The molecule has 0 bridgehead atoms. The highest BCUT2D eigenvalue weighted by molar-refractivity contribution is 9.10. The number of carbonyl (C=O) groups is 1. The third-order valence-electron chi connectivity index (χ3n) is 3.32. The molecule has 0 aromatic heterocycles. The molecule has 0 aliphatic carbocycles. The fraction of sp³-hybridized carbons (Fsp3) is 0.462. The van der Waals surface area contributed by atoms with Crippen LogP contribution in [-0.4, -0.2) is 25.7 Å². The van der Waals surface area contributed by atoms with Crippen LogP contribution in [0.5, 0.6) is 0 Å². The Morgan fingerprint density at radius 1 is 1.47 bits per heavy atom. The molecular weight excluding hydrogens is 282 g/mol. The minimum atomic E-state index is -0.143. The Balaban J connectivity index is 2.25. The number of esters is 1. The van der Waals surface area contributed by atoms with Gasteiger partial charge in [0.2, 0.25) is 0 Å². The molecule has 1 aliphatic heterocycles. The van der Waals surface area contributed by atoms with Gasteiger partial charge in [0, 0.05) is 17.3 Å². The molecule has 2 rings (SSSR count). The van der Waals surface area contributed by atoms with Crippen LogP contribution < -0.4 is 5.32 Å². The van der Waals surface area contributed by atoms with E-state index in [-0.39, 0.29) is 11.9 Å². The summed E-state index contributed by atoms with van der Waals surface area (Å²) in [5.74, 6) is -0.272. The van der Waals surface area contributed by atoms with Crippen LogP contribution in [0.1, 0.15) is 24.3 Å². The zero-order valence-electron chi connectivity index (χ0n) is 9.86. The number of hydrogen-bond donors (Lipinski definition) is 1. The van der Waals surface area contributed by atoms with Crippen LogP contribution in [0.2, 0.25) is 0 Å². The first-order chi connectivity index (χ1) is 8.22. The molecule has 2 atom stereocenters. The van der Waals surface area contributed by atoms with Gasteiger partial charge in [0.25, 0.3) is 0 Å². The molecule has 92 valence electrons. The summed E-state index contributed by atoms with van der Waals surface area (Å²) in [7, 11) is 1.46. The lowest BCUT2D eigenvalue weighted by atomic mass is 9.90. The van der Waals surface area contributed by atoms with Gasteiger partial charge in [-0.05, 0) is 17.7 Å². The normalized spacial score (nSPS) is 21.2. The fourth-order valence-electron chi connectivity index (χ4n) is 2.46. The number of hydrogen-bond acceptors (Lipinski definition) is 2. The topological polar surface area (TPSA) is 42.9 Å². The SMILES string of the molecule is COC(=O)[C@H](c1ccc(Br)cc1)[C@@H]1CCC[NH2+]1. The smallest absolute Gasteiger partial charge is 0.319 e. The molecule has 1 aromatic rings. The average Bonchev–Trinajstić information content (AvgIpc) is 2.85. The number of methoxy groups -OCH3 is 1. The summed E-state index contributed by atoms with van der Waals surface area (Å²) in [6, 6.07) is 8.26. The second-order valence-corrected chi connectivity index (χ2v) is 5.30. The number of benzene rings is 1. The summed E-state index contributed by atoms with van der Waals surface area (Å²) in [5.41, 5.74) is 1.04. The molecule has 0 amide bonds. The van der Waals surface area contributed by atoms with Gasteiger partial charge in [0.05, 0.1) is 13.7 Å². The molecule has 0 radical (unpaired) electrons. The first kappa shape index (κ1) is 12.6. The predicted molar refractivity (Wildman–Crippen MR) is 68.7 cm³/mol. The standard InChI is InChI=1S/C13H16BrNO2/c1-17-13(16)12(11-3-2-8-15-11)9-4-6-10(14)7-5-9/h4-7,11-12,15H,2-3,8H2,1H3/p+1/t11-,12+/m0/s1. The lowest BCUT2D eigenvalue weighted by Crippen LogP contribution is -2.88. The van der Waals surface area contributed by atoms with Crippen LogP contribution in [0.3, 0.4) is 0 Å². The van der Waals surface area contributed by atoms with E-state index in [4.69, 9.17) is 4.74 Å². The Morgan fingerprint density at radius 3 is 2.71 bits per heavy atom. The van der Waals surface area contributed by atoms with Crippen LogP contribution >= 0.6 is 15.9 Å². The van der Waals surface area contributed by atoms with E-state index < -0.39 is 0 Å². The maximum atomic E-state index is 11.9. The third kappa shape index (κ3) is 2.87. The minimum absolute atomic E-state index is 0.129. The van der Waals surface area contributed by atoms with Crippen molar-refractivity contribution in [3.8, 4) is 0 Å². The average molecular weight is 299 g/mol. The van der Waals surface area contributed by atoms with Crippen molar-refractivity contribution in [3.05, 3.63) is 34.3 Å². The van der Waals surface area contributed by atoms with Gasteiger partial charge in [-0.2, -0.15) is 0 Å². The van der Waals surface area contributed by atoms with Crippen LogP contribution in [0.15, 0.2) is 28.7 Å². The molecule has 1 fully saturated rings. The molecule has 1 aromatic carbocycles. The van der Waals surface area contributed by atoms with Crippen molar-refractivity contribution in [3.63, 3.8) is 0 Å². The second-order valence-electron chi connectivity index (χ2n) is 4.38. The first-order valence-corrected chi connectivity index (χ1v) is 6.68. The Morgan fingerprint density at radius 2 is 2.18 bits per heavy atom. The number of quaternary nitrogens is 1. The van der Waals surface area contributed by atoms with Crippen molar-refractivity contribution in [1.82, 2.24) is 0 Å². The van der Waals surface area contributed by atoms with Crippen LogP contribution in [-0.2, 0) is 9.53 Å². The van der Waals surface area contributed by atoms with Gasteiger partial charge in [0.1, 0.15) is 12.0 Å². The number of rotatable bonds is 3. The van der Waals surface area contributed by atoms with E-state index in [1.54, 1.807) is 0 Å². The zero-order chi connectivity index (χ0) is 12.3. The molecule has 1 heterocycles. The van der Waals surface area contributed by atoms with Crippen LogP contribution in [0, 0.1) is 0 Å². The van der Waals surface area contributed by atoms with E-state index >= 15 is 0 Å². The zero-order valence-corrected chi connectivity index (χ0v) is 11.4. The summed E-state index contributed by atoms with van der Waals surface area (Å²) < 4.78 is 5.97. The van der Waals surface area contributed by atoms with Crippen LogP contribution in [0.4, 0.5) is 0 Å². The van der Waals surface area contributed by atoms with Gasteiger partial charge >= 0.3 is 5.97 Å². The van der Waals surface area contributed by atoms with E-state index in [1.165, 1.54) is 13.5 Å². The molecule has 17 heavy (non-hydrogen) atoms. The third-order valence-corrected chi connectivity index (χ3v) is 3.85. The predicted octanol–water partition coefficient (Wildman–Crippen LogP) is 1.43. The quantitative estimate of drug-likeness (QED) is 0.858. The van der Waals surface area contributed by atoms with E-state index in [2.05, 4.69) is 21.2 Å². The van der Waals surface area contributed by atoms with Crippen LogP contribution in [0.25, 0.3) is 0 Å². The minimum Gasteiger partial charge on any atom is -0.468 e. The Hall–Kier alpha value is -0.870. The van der Waals surface area contributed by atoms with Crippen molar-refractivity contribution in [2.75, 3.05) is 13.7 Å². The lowest BCUT2D eigenvalue weighted by molar-refractivity contribution is -0.671. The van der Waals surface area contributed by atoms with Crippen molar-refractivity contribution in [1.29, 1.82) is 0 Å². The number of nitrogens with two attached hydrogens (primary N) is 1. The van der Waals surface area contributed by atoms with Gasteiger partial charge in [-0.3, -0.25) is 4.79 Å². The molecule has 4 heteroatoms. The van der Waals surface area contributed by atoms with E-state index in [0.29, 0.717) is 6.04 Å². The van der Waals surface area contributed by atoms with E-state index in [0.717, 1.165) is 23.0 Å². The van der Waals surface area contributed by atoms with Gasteiger partial charge in [0.15, 0.2) is 0 Å². The molecule has 3 nitrogen and oxygen atoms in total. The Bertz CT molecular complexity index is 385. The number of halogens is 1. The van der Waals surface area contributed by atoms with Crippen molar-refractivity contribution >= 4 is 21.9 Å². The van der Waals surface area contributed by atoms with Crippen molar-refractivity contribution in [2.24, 2.45) is 0 Å². The summed E-state index contributed by atoms with van der Waals surface area (Å²) >= 11 is 3.41. The summed E-state index contributed by atoms with van der Waals surface area (Å²) in [6.07, 6.45) is 2.25. The molecule has 0 unspecified atom stereocenters. The van der Waals surface area contributed by atoms with Gasteiger partial charge in [-0.1, -0.05) is 28.1 Å². The summed E-state index contributed by atoms with van der Waals surface area (Å²) in [6.45, 7) is 1.11. The maximum Gasteiger partial charge on any atom is 0.319 e. The maximum absolute atomic E-state index is 11.9. The fourth-order valence-corrected chi connectivity index (χ4v) is 2.73. The largest absolute Gasteiger partial charge is 0.468 e. The second kappa shape index (κ2) is 5.65. The molecule has 1 saturated heterocycles. The van der Waals surface area contributed by atoms with E-state index in [1.807, 2.05) is 24.3 Å². The lowest BCUT2D eigenvalue weighted by Gasteiger charge is -2.19. The van der Waals surface area contributed by atoms with Gasteiger partial charge in [-0.15, -0.1) is 0 Å².